The zero-order chi connectivity index (χ0) is 13.6. The number of hydrogen-bond donors (Lipinski definition) is 1. The summed E-state index contributed by atoms with van der Waals surface area (Å²) in [6, 6.07) is 5.38. The van der Waals surface area contributed by atoms with E-state index in [1.54, 1.807) is 23.0 Å². The van der Waals surface area contributed by atoms with E-state index in [1.165, 1.54) is 6.07 Å². The van der Waals surface area contributed by atoms with Gasteiger partial charge in [-0.25, -0.2) is 8.78 Å². The number of nitrogens with zero attached hydrogens (tertiary/aromatic N) is 1. The smallest absolute Gasteiger partial charge is 0.178 e. The highest BCUT2D eigenvalue weighted by molar-refractivity contribution is 7.71. The van der Waals surface area contributed by atoms with Gasteiger partial charge in [0.15, 0.2) is 10.6 Å². The third-order valence-corrected chi connectivity index (χ3v) is 3.39. The number of H-pyrrole nitrogens is 1. The van der Waals surface area contributed by atoms with Crippen LogP contribution in [0.5, 0.6) is 0 Å². The molecule has 0 saturated heterocycles. The van der Waals surface area contributed by atoms with Gasteiger partial charge in [0, 0.05) is 6.07 Å². The number of halogens is 2. The van der Waals surface area contributed by atoms with E-state index < -0.39 is 11.6 Å². The summed E-state index contributed by atoms with van der Waals surface area (Å²) < 4.78 is 34.3. The van der Waals surface area contributed by atoms with Crippen LogP contribution in [0.1, 0.15) is 18.7 Å². The van der Waals surface area contributed by atoms with Gasteiger partial charge in [-0.2, -0.15) is 0 Å². The number of nitrogens with one attached hydrogen (secondary N) is 1. The van der Waals surface area contributed by atoms with Crippen molar-refractivity contribution in [1.29, 1.82) is 0 Å². The summed E-state index contributed by atoms with van der Waals surface area (Å²) in [4.78, 5) is 2.76. The predicted molar refractivity (Wildman–Crippen MR) is 69.6 cm³/mol. The number of hydrogen-bond acceptors (Lipinski definition) is 2. The Balaban J connectivity index is 2.29. The summed E-state index contributed by atoms with van der Waals surface area (Å²) in [5.74, 6) is -0.632. The summed E-state index contributed by atoms with van der Waals surface area (Å²) in [6.07, 6.45) is 1.55. The first-order valence-electron chi connectivity index (χ1n) is 5.70. The average Bonchev–Trinajstić information content (AvgIpc) is 2.95. The van der Waals surface area contributed by atoms with E-state index in [0.29, 0.717) is 16.0 Å². The summed E-state index contributed by atoms with van der Waals surface area (Å²) in [5, 5.41) is 0. The lowest BCUT2D eigenvalue weighted by atomic mass is 10.2. The van der Waals surface area contributed by atoms with Gasteiger partial charge >= 0.3 is 0 Å². The molecule has 1 unspecified atom stereocenters. The average molecular weight is 280 g/mol. The molecule has 19 heavy (non-hydrogen) atoms. The highest BCUT2D eigenvalue weighted by Gasteiger charge is 2.17. The molecule has 1 N–H and O–H groups in total. The van der Waals surface area contributed by atoms with Crippen LogP contribution in [-0.4, -0.2) is 9.55 Å². The molecule has 0 aliphatic carbocycles. The Bertz CT molecular complexity index is 789. The Labute approximate surface area is 112 Å². The van der Waals surface area contributed by atoms with Crippen LogP contribution in [0.3, 0.4) is 0 Å². The molecule has 3 aromatic rings. The summed E-state index contributed by atoms with van der Waals surface area (Å²) in [5.41, 5.74) is 0.580. The monoisotopic (exact) mass is 280 g/mol. The van der Waals surface area contributed by atoms with E-state index in [4.69, 9.17) is 16.6 Å². The maximum atomic E-state index is 13.7. The number of fused-ring (bicyclic) bond motifs is 1. The molecule has 3 rings (SSSR count). The van der Waals surface area contributed by atoms with Gasteiger partial charge in [-0.05, 0) is 37.3 Å². The number of furan rings is 1. The quantitative estimate of drug-likeness (QED) is 0.714. The molecule has 6 heteroatoms. The molecular formula is C13H10F2N2OS. The van der Waals surface area contributed by atoms with Crippen LogP contribution in [0, 0.1) is 16.4 Å². The molecule has 1 atom stereocenters. The number of aromatic nitrogens is 2. The number of rotatable bonds is 2. The zero-order valence-corrected chi connectivity index (χ0v) is 10.8. The van der Waals surface area contributed by atoms with Gasteiger partial charge < -0.3 is 14.0 Å². The Kier molecular flexibility index (Phi) is 2.74. The second-order valence-electron chi connectivity index (χ2n) is 4.27. The van der Waals surface area contributed by atoms with E-state index in [9.17, 15) is 8.78 Å². The molecule has 0 amide bonds. The highest BCUT2D eigenvalue weighted by atomic mass is 32.1. The molecule has 0 aliphatic heterocycles. The summed E-state index contributed by atoms with van der Waals surface area (Å²) in [6.45, 7) is 1.85. The van der Waals surface area contributed by atoms with Crippen molar-refractivity contribution in [2.75, 3.05) is 0 Å². The highest BCUT2D eigenvalue weighted by Crippen LogP contribution is 2.26. The van der Waals surface area contributed by atoms with Gasteiger partial charge in [0.1, 0.15) is 17.1 Å². The summed E-state index contributed by atoms with van der Waals surface area (Å²) >= 11 is 5.18. The minimum atomic E-state index is -0.661. The molecular weight excluding hydrogens is 270 g/mol. The molecule has 0 spiro atoms. The van der Waals surface area contributed by atoms with Crippen LogP contribution < -0.4 is 0 Å². The molecule has 0 radical (unpaired) electrons. The second-order valence-corrected chi connectivity index (χ2v) is 4.66. The van der Waals surface area contributed by atoms with Crippen LogP contribution in [0.2, 0.25) is 0 Å². The first-order chi connectivity index (χ1) is 9.08. The number of aromatic amines is 1. The number of imidazole rings is 1. The van der Waals surface area contributed by atoms with Crippen molar-refractivity contribution in [3.63, 3.8) is 0 Å². The van der Waals surface area contributed by atoms with Crippen molar-refractivity contribution in [2.45, 2.75) is 13.0 Å². The van der Waals surface area contributed by atoms with Gasteiger partial charge in [0.2, 0.25) is 0 Å². The van der Waals surface area contributed by atoms with Crippen LogP contribution in [0.25, 0.3) is 11.0 Å². The maximum absolute atomic E-state index is 13.7. The summed E-state index contributed by atoms with van der Waals surface area (Å²) in [7, 11) is 0. The van der Waals surface area contributed by atoms with Gasteiger partial charge in [0.25, 0.3) is 0 Å². The van der Waals surface area contributed by atoms with Crippen molar-refractivity contribution in [2.24, 2.45) is 0 Å². The fourth-order valence-electron chi connectivity index (χ4n) is 2.19. The maximum Gasteiger partial charge on any atom is 0.178 e. The third-order valence-electron chi connectivity index (χ3n) is 3.09. The third kappa shape index (κ3) is 1.88. The van der Waals surface area contributed by atoms with E-state index >= 15 is 0 Å². The van der Waals surface area contributed by atoms with Crippen molar-refractivity contribution in [3.05, 3.63) is 52.7 Å². The van der Waals surface area contributed by atoms with Crippen LogP contribution >= 0.6 is 12.2 Å². The topological polar surface area (TPSA) is 33.9 Å². The van der Waals surface area contributed by atoms with E-state index in [2.05, 4.69) is 4.98 Å². The van der Waals surface area contributed by atoms with Gasteiger partial charge in [-0.1, -0.05) is 0 Å². The molecule has 2 heterocycles. The predicted octanol–water partition coefficient (Wildman–Crippen LogP) is 4.18. The molecule has 0 bridgehead atoms. The molecule has 0 saturated carbocycles. The largest absolute Gasteiger partial charge is 0.467 e. The Morgan fingerprint density at radius 3 is 2.84 bits per heavy atom. The van der Waals surface area contributed by atoms with Crippen LogP contribution in [-0.2, 0) is 0 Å². The van der Waals surface area contributed by atoms with Crippen LogP contribution in [0.15, 0.2) is 34.9 Å². The molecule has 3 nitrogen and oxygen atoms in total. The minimum absolute atomic E-state index is 0.199. The van der Waals surface area contributed by atoms with E-state index in [-0.39, 0.29) is 11.6 Å². The first kappa shape index (κ1) is 12.1. The Morgan fingerprint density at radius 1 is 1.37 bits per heavy atom. The van der Waals surface area contributed by atoms with E-state index in [0.717, 1.165) is 6.07 Å². The lowest BCUT2D eigenvalue weighted by Crippen LogP contribution is -2.06. The fourth-order valence-corrected chi connectivity index (χ4v) is 2.55. The van der Waals surface area contributed by atoms with E-state index in [1.807, 2.05) is 6.92 Å². The number of benzene rings is 1. The van der Waals surface area contributed by atoms with Crippen molar-refractivity contribution in [3.8, 4) is 0 Å². The Morgan fingerprint density at radius 2 is 2.16 bits per heavy atom. The fraction of sp³-hybridized carbons (Fsp3) is 0.154. The lowest BCUT2D eigenvalue weighted by Gasteiger charge is -2.11. The molecule has 0 fully saturated rings. The Hall–Kier alpha value is -1.95. The first-order valence-corrected chi connectivity index (χ1v) is 6.11. The van der Waals surface area contributed by atoms with Crippen molar-refractivity contribution in [1.82, 2.24) is 9.55 Å². The lowest BCUT2D eigenvalue weighted by molar-refractivity contribution is 0.448. The molecule has 0 aliphatic rings. The second kappa shape index (κ2) is 4.31. The van der Waals surface area contributed by atoms with Gasteiger partial charge in [-0.15, -0.1) is 0 Å². The standard InChI is InChI=1S/C13H10F2N2OS/c1-7(11-3-2-4-18-11)17-10-6-8(14)5-9(15)12(10)16-13(17)19/h2-7H,1H3,(H,16,19). The normalized spacial score (nSPS) is 13.0. The minimum Gasteiger partial charge on any atom is -0.467 e. The SMILES string of the molecule is CC(c1ccco1)n1c(=S)[nH]c2c(F)cc(F)cc21. The van der Waals surface area contributed by atoms with Gasteiger partial charge in [-0.3, -0.25) is 0 Å². The van der Waals surface area contributed by atoms with Crippen molar-refractivity contribution < 1.29 is 13.2 Å². The van der Waals surface area contributed by atoms with Crippen molar-refractivity contribution >= 4 is 23.3 Å². The van der Waals surface area contributed by atoms with Crippen LogP contribution in [0.4, 0.5) is 8.78 Å². The molecule has 98 valence electrons. The zero-order valence-electron chi connectivity index (χ0n) is 9.98. The van der Waals surface area contributed by atoms with Gasteiger partial charge in [0.05, 0.1) is 17.8 Å². The molecule has 1 aromatic carbocycles. The molecule has 2 aromatic heterocycles.